The zero-order valence-corrected chi connectivity index (χ0v) is 13.4. The summed E-state index contributed by atoms with van der Waals surface area (Å²) in [5.41, 5.74) is 0. The first-order valence-electron chi connectivity index (χ1n) is 8.17. The Morgan fingerprint density at radius 3 is 2.00 bits per heavy atom. The van der Waals surface area contributed by atoms with Gasteiger partial charge in [-0.25, -0.2) is 8.78 Å². The van der Waals surface area contributed by atoms with Crippen LogP contribution >= 0.6 is 0 Å². The number of nitrogens with zero attached hydrogens (tertiary/aromatic N) is 2. The average molecular weight is 288 g/mol. The molecule has 2 nitrogen and oxygen atoms in total. The Morgan fingerprint density at radius 1 is 0.950 bits per heavy atom. The fourth-order valence-electron chi connectivity index (χ4n) is 3.74. The van der Waals surface area contributed by atoms with Gasteiger partial charge in [0, 0.05) is 12.6 Å². The summed E-state index contributed by atoms with van der Waals surface area (Å²) in [5, 5.41) is 0. The summed E-state index contributed by atoms with van der Waals surface area (Å²) >= 11 is 0. The van der Waals surface area contributed by atoms with Gasteiger partial charge in [0.05, 0.1) is 12.6 Å². The van der Waals surface area contributed by atoms with Crippen molar-refractivity contribution in [3.8, 4) is 0 Å². The summed E-state index contributed by atoms with van der Waals surface area (Å²) < 4.78 is 28.9. The van der Waals surface area contributed by atoms with E-state index in [2.05, 4.69) is 18.7 Å². The minimum absolute atomic E-state index is 0.0700. The maximum Gasteiger partial charge on any atom is 0.275 e. The summed E-state index contributed by atoms with van der Waals surface area (Å²) in [6.45, 7) is 10.9. The van der Waals surface area contributed by atoms with Gasteiger partial charge in [-0.15, -0.1) is 0 Å². The van der Waals surface area contributed by atoms with Crippen molar-refractivity contribution in [1.29, 1.82) is 0 Å². The molecule has 2 aliphatic heterocycles. The molecule has 0 radical (unpaired) electrons. The number of hydrogen-bond donors (Lipinski definition) is 0. The lowest BCUT2D eigenvalue weighted by molar-refractivity contribution is -0.137. The summed E-state index contributed by atoms with van der Waals surface area (Å²) in [5.74, 6) is -1.16. The lowest BCUT2D eigenvalue weighted by Crippen LogP contribution is -2.60. The van der Waals surface area contributed by atoms with E-state index in [9.17, 15) is 8.78 Å². The van der Waals surface area contributed by atoms with Crippen molar-refractivity contribution in [1.82, 2.24) is 9.80 Å². The molecule has 0 aliphatic carbocycles. The molecule has 0 N–H and O–H groups in total. The van der Waals surface area contributed by atoms with Crippen molar-refractivity contribution < 1.29 is 8.78 Å². The van der Waals surface area contributed by atoms with Gasteiger partial charge < -0.3 is 0 Å². The Balaban J connectivity index is 1.93. The van der Waals surface area contributed by atoms with E-state index < -0.39 is 12.0 Å². The maximum absolute atomic E-state index is 14.4. The molecule has 20 heavy (non-hydrogen) atoms. The van der Waals surface area contributed by atoms with Crippen LogP contribution in [0.3, 0.4) is 0 Å². The Bertz CT molecular complexity index is 310. The summed E-state index contributed by atoms with van der Waals surface area (Å²) in [6, 6.07) is -0.320. The molecule has 4 heteroatoms. The van der Waals surface area contributed by atoms with Crippen LogP contribution in [0.15, 0.2) is 0 Å². The topological polar surface area (TPSA) is 6.48 Å². The van der Waals surface area contributed by atoms with Crippen LogP contribution < -0.4 is 0 Å². The lowest BCUT2D eigenvalue weighted by atomic mass is 9.85. The van der Waals surface area contributed by atoms with Crippen LogP contribution in [0.25, 0.3) is 0 Å². The molecule has 0 amide bonds. The van der Waals surface area contributed by atoms with E-state index in [4.69, 9.17) is 0 Å². The van der Waals surface area contributed by atoms with E-state index in [0.717, 1.165) is 38.4 Å². The first kappa shape index (κ1) is 16.2. The molecule has 0 aromatic carbocycles. The third-order valence-corrected chi connectivity index (χ3v) is 5.28. The van der Waals surface area contributed by atoms with Gasteiger partial charge in [-0.05, 0) is 58.0 Å². The van der Waals surface area contributed by atoms with Crippen LogP contribution in [0.5, 0.6) is 0 Å². The molecule has 2 heterocycles. The first-order valence-corrected chi connectivity index (χ1v) is 8.17. The van der Waals surface area contributed by atoms with Crippen LogP contribution in [-0.2, 0) is 0 Å². The van der Waals surface area contributed by atoms with E-state index in [1.807, 2.05) is 18.7 Å². The smallest absolute Gasteiger partial charge is 0.275 e. The van der Waals surface area contributed by atoms with Gasteiger partial charge in [0.25, 0.3) is 5.92 Å². The third-order valence-electron chi connectivity index (χ3n) is 5.28. The fraction of sp³-hybridized carbons (Fsp3) is 1.00. The second kappa shape index (κ2) is 6.27. The van der Waals surface area contributed by atoms with Gasteiger partial charge in [0.1, 0.15) is 0 Å². The SMILES string of the molecule is CC(C)C1CCN([C@H]2CCN(C(C)C)CC2(F)F)CC1. The molecule has 0 spiro atoms. The highest BCUT2D eigenvalue weighted by atomic mass is 19.3. The highest BCUT2D eigenvalue weighted by molar-refractivity contribution is 4.95. The van der Waals surface area contributed by atoms with Crippen molar-refractivity contribution in [2.75, 3.05) is 26.2 Å². The quantitative estimate of drug-likeness (QED) is 0.784. The van der Waals surface area contributed by atoms with Gasteiger partial charge in [-0.3, -0.25) is 9.80 Å². The number of rotatable bonds is 3. The zero-order chi connectivity index (χ0) is 14.9. The Kier molecular flexibility index (Phi) is 5.06. The molecule has 2 aliphatic rings. The van der Waals surface area contributed by atoms with Crippen LogP contribution in [0.2, 0.25) is 0 Å². The van der Waals surface area contributed by atoms with Gasteiger partial charge in [-0.2, -0.15) is 0 Å². The molecular formula is C16H30F2N2. The Labute approximate surface area is 122 Å². The Morgan fingerprint density at radius 2 is 1.55 bits per heavy atom. The highest BCUT2D eigenvalue weighted by Gasteiger charge is 2.48. The number of piperidine rings is 2. The van der Waals surface area contributed by atoms with E-state index >= 15 is 0 Å². The molecule has 0 bridgehead atoms. The molecule has 118 valence electrons. The molecule has 2 rings (SSSR count). The fourth-order valence-corrected chi connectivity index (χ4v) is 3.74. The average Bonchev–Trinajstić information content (AvgIpc) is 2.37. The standard InChI is InChI=1S/C16H30F2N2/c1-12(2)14-5-8-19(9-6-14)15-7-10-20(13(3)4)11-16(15,17)18/h12-15H,5-11H2,1-4H3/t15-/m0/s1. The van der Waals surface area contributed by atoms with Crippen molar-refractivity contribution in [3.63, 3.8) is 0 Å². The van der Waals surface area contributed by atoms with Crippen LogP contribution in [0.1, 0.15) is 47.0 Å². The Hall–Kier alpha value is -0.220. The van der Waals surface area contributed by atoms with Gasteiger partial charge in [-0.1, -0.05) is 13.8 Å². The van der Waals surface area contributed by atoms with E-state index in [1.165, 1.54) is 0 Å². The van der Waals surface area contributed by atoms with Gasteiger partial charge in [0.15, 0.2) is 0 Å². The van der Waals surface area contributed by atoms with Crippen molar-refractivity contribution >= 4 is 0 Å². The van der Waals surface area contributed by atoms with Crippen molar-refractivity contribution in [3.05, 3.63) is 0 Å². The minimum atomic E-state index is -2.56. The van der Waals surface area contributed by atoms with E-state index in [-0.39, 0.29) is 12.6 Å². The first-order chi connectivity index (χ1) is 9.31. The predicted octanol–water partition coefficient (Wildman–Crippen LogP) is 3.47. The maximum atomic E-state index is 14.4. The van der Waals surface area contributed by atoms with Crippen molar-refractivity contribution in [2.45, 2.75) is 65.0 Å². The summed E-state index contributed by atoms with van der Waals surface area (Å²) in [6.07, 6.45) is 2.77. The second-order valence-corrected chi connectivity index (χ2v) is 7.25. The second-order valence-electron chi connectivity index (χ2n) is 7.25. The molecule has 1 atom stereocenters. The molecule has 2 fully saturated rings. The monoisotopic (exact) mass is 288 g/mol. The number of alkyl halides is 2. The van der Waals surface area contributed by atoms with Crippen molar-refractivity contribution in [2.24, 2.45) is 11.8 Å². The summed E-state index contributed by atoms with van der Waals surface area (Å²) in [4.78, 5) is 3.98. The minimum Gasteiger partial charge on any atom is -0.295 e. The number of hydrogen-bond acceptors (Lipinski definition) is 2. The molecule has 0 saturated carbocycles. The summed E-state index contributed by atoms with van der Waals surface area (Å²) in [7, 11) is 0. The number of halogens is 2. The molecule has 0 aromatic rings. The predicted molar refractivity (Wildman–Crippen MR) is 79.2 cm³/mol. The lowest BCUT2D eigenvalue weighted by Gasteiger charge is -2.47. The molecule has 2 saturated heterocycles. The number of likely N-dealkylation sites (tertiary alicyclic amines) is 2. The third kappa shape index (κ3) is 3.51. The van der Waals surface area contributed by atoms with E-state index in [0.29, 0.717) is 12.3 Å². The normalized spacial score (nSPS) is 30.3. The molecule has 0 aromatic heterocycles. The highest BCUT2D eigenvalue weighted by Crippen LogP contribution is 2.35. The van der Waals surface area contributed by atoms with Crippen LogP contribution in [0, 0.1) is 11.8 Å². The van der Waals surface area contributed by atoms with Gasteiger partial charge in [0.2, 0.25) is 0 Å². The van der Waals surface area contributed by atoms with Crippen LogP contribution in [0.4, 0.5) is 8.78 Å². The van der Waals surface area contributed by atoms with E-state index in [1.54, 1.807) is 0 Å². The largest absolute Gasteiger partial charge is 0.295 e. The van der Waals surface area contributed by atoms with Crippen LogP contribution in [-0.4, -0.2) is 54.0 Å². The zero-order valence-electron chi connectivity index (χ0n) is 13.4. The molecule has 0 unspecified atom stereocenters. The van der Waals surface area contributed by atoms with Gasteiger partial charge >= 0.3 is 0 Å². The molecular weight excluding hydrogens is 258 g/mol.